The molecule has 0 aliphatic heterocycles. The van der Waals surface area contributed by atoms with Crippen LogP contribution in [-0.4, -0.2) is 29.0 Å². The summed E-state index contributed by atoms with van der Waals surface area (Å²) >= 11 is 0. The number of phosphoric ester groups is 1. The summed E-state index contributed by atoms with van der Waals surface area (Å²) < 4.78 is 24.5. The van der Waals surface area contributed by atoms with Crippen LogP contribution < -0.4 is 10.9 Å². The molecule has 1 heterocycles. The summed E-state index contributed by atoms with van der Waals surface area (Å²) in [4.78, 5) is 40.0. The third-order valence-corrected chi connectivity index (χ3v) is 3.22. The predicted molar refractivity (Wildman–Crippen MR) is 78.7 cm³/mol. The minimum Gasteiger partial charge on any atom is -0.444 e. The second-order valence-corrected chi connectivity index (χ2v) is 5.66. The Kier molecular flexibility index (Phi) is 5.51. The largest absolute Gasteiger partial charge is 0.469 e. The number of fused-ring (bicyclic) bond motifs is 1. The molecule has 1 aromatic heterocycles. The highest BCUT2D eigenvalue weighted by Crippen LogP contribution is 2.35. The number of phosphoric acid groups is 1. The van der Waals surface area contributed by atoms with Gasteiger partial charge in [0, 0.05) is 11.9 Å². The van der Waals surface area contributed by atoms with Gasteiger partial charge in [0.05, 0.1) is 12.2 Å². The van der Waals surface area contributed by atoms with Crippen molar-refractivity contribution in [1.29, 1.82) is 0 Å². The summed E-state index contributed by atoms with van der Waals surface area (Å²) in [6, 6.07) is 8.47. The number of carbonyl (C=O) groups is 1. The number of alkyl carbamates (subject to hydrolysis) is 1. The lowest BCUT2D eigenvalue weighted by Gasteiger charge is -2.08. The van der Waals surface area contributed by atoms with Gasteiger partial charge in [-0.2, -0.15) is 0 Å². The SMILES string of the molecule is O=C(NCCOP(=O)(O)O)OCc1cc2ccccc2oc1=O. The van der Waals surface area contributed by atoms with Crippen LogP contribution in [0, 0.1) is 0 Å². The van der Waals surface area contributed by atoms with Gasteiger partial charge in [-0.25, -0.2) is 14.2 Å². The fourth-order valence-electron chi connectivity index (χ4n) is 1.72. The molecule has 1 amide bonds. The van der Waals surface area contributed by atoms with E-state index in [1.165, 1.54) is 0 Å². The maximum atomic E-state index is 11.7. The number of para-hydroxylation sites is 1. The summed E-state index contributed by atoms with van der Waals surface area (Å²) in [5.74, 6) is 0. The number of rotatable bonds is 6. The van der Waals surface area contributed by atoms with E-state index in [2.05, 4.69) is 9.84 Å². The van der Waals surface area contributed by atoms with Crippen molar-refractivity contribution in [2.75, 3.05) is 13.2 Å². The van der Waals surface area contributed by atoms with Gasteiger partial charge in [0.2, 0.25) is 0 Å². The van der Waals surface area contributed by atoms with E-state index in [4.69, 9.17) is 18.9 Å². The van der Waals surface area contributed by atoms with Crippen molar-refractivity contribution in [3.05, 3.63) is 46.3 Å². The van der Waals surface area contributed by atoms with Crippen LogP contribution in [0.4, 0.5) is 4.79 Å². The van der Waals surface area contributed by atoms with E-state index < -0.39 is 19.5 Å². The Bertz CT molecular complexity index is 796. The summed E-state index contributed by atoms with van der Waals surface area (Å²) in [6.07, 6.45) is -0.855. The Hall–Kier alpha value is -2.19. The first-order valence-corrected chi connectivity index (χ1v) is 8.01. The fourth-order valence-corrected chi connectivity index (χ4v) is 2.05. The molecule has 0 radical (unpaired) electrons. The van der Waals surface area contributed by atoms with Gasteiger partial charge in [0.25, 0.3) is 0 Å². The van der Waals surface area contributed by atoms with Gasteiger partial charge in [0.1, 0.15) is 12.2 Å². The topological polar surface area (TPSA) is 135 Å². The molecule has 0 unspecified atom stereocenters. The monoisotopic (exact) mass is 343 g/mol. The molecule has 0 atom stereocenters. The Labute approximate surface area is 130 Å². The molecule has 3 N–H and O–H groups in total. The van der Waals surface area contributed by atoms with E-state index in [1.807, 2.05) is 0 Å². The maximum absolute atomic E-state index is 11.7. The maximum Gasteiger partial charge on any atom is 0.469 e. The second kappa shape index (κ2) is 7.38. The zero-order valence-electron chi connectivity index (χ0n) is 11.8. The zero-order chi connectivity index (χ0) is 16.9. The lowest BCUT2D eigenvalue weighted by atomic mass is 10.2. The smallest absolute Gasteiger partial charge is 0.444 e. The van der Waals surface area contributed by atoms with Gasteiger partial charge in [-0.15, -0.1) is 0 Å². The zero-order valence-corrected chi connectivity index (χ0v) is 12.7. The number of benzene rings is 1. The fraction of sp³-hybridized carbons (Fsp3) is 0.231. The standard InChI is InChI=1S/C13H14NO8P/c15-12-10(7-9-3-1-2-4-11(9)22-12)8-20-13(16)14-5-6-21-23(17,18)19/h1-4,7H,5-6,8H2,(H,14,16)(H2,17,18,19). The first-order valence-electron chi connectivity index (χ1n) is 6.47. The molecule has 2 aromatic rings. The number of nitrogens with one attached hydrogen (secondary N) is 1. The molecule has 0 spiro atoms. The van der Waals surface area contributed by atoms with Crippen LogP contribution >= 0.6 is 7.82 Å². The molecule has 0 fully saturated rings. The van der Waals surface area contributed by atoms with E-state index in [0.29, 0.717) is 11.0 Å². The van der Waals surface area contributed by atoms with Gasteiger partial charge in [0.15, 0.2) is 0 Å². The molecule has 0 bridgehead atoms. The molecule has 1 aromatic carbocycles. The molecule has 2 rings (SSSR count). The normalized spacial score (nSPS) is 11.4. The molecule has 0 saturated heterocycles. The molecule has 0 aliphatic carbocycles. The molecule has 10 heteroatoms. The van der Waals surface area contributed by atoms with Crippen molar-refractivity contribution >= 4 is 24.9 Å². The highest BCUT2D eigenvalue weighted by atomic mass is 31.2. The molecular weight excluding hydrogens is 329 g/mol. The highest BCUT2D eigenvalue weighted by molar-refractivity contribution is 7.46. The summed E-state index contributed by atoms with van der Waals surface area (Å²) in [5, 5.41) is 2.92. The van der Waals surface area contributed by atoms with Crippen LogP contribution in [0.1, 0.15) is 5.56 Å². The molecule has 0 saturated carbocycles. The third kappa shape index (κ3) is 5.50. The van der Waals surface area contributed by atoms with Gasteiger partial charge in [-0.1, -0.05) is 18.2 Å². The molecule has 124 valence electrons. The van der Waals surface area contributed by atoms with Crippen molar-refractivity contribution in [3.8, 4) is 0 Å². The van der Waals surface area contributed by atoms with Crippen molar-refractivity contribution in [3.63, 3.8) is 0 Å². The lowest BCUT2D eigenvalue weighted by Crippen LogP contribution is -2.28. The third-order valence-electron chi connectivity index (χ3n) is 2.70. The average molecular weight is 343 g/mol. The van der Waals surface area contributed by atoms with Crippen molar-refractivity contribution in [1.82, 2.24) is 5.32 Å². The van der Waals surface area contributed by atoms with Crippen LogP contribution in [0.3, 0.4) is 0 Å². The van der Waals surface area contributed by atoms with Crippen molar-refractivity contribution < 1.29 is 32.8 Å². The molecule has 9 nitrogen and oxygen atoms in total. The predicted octanol–water partition coefficient (Wildman–Crippen LogP) is 1.13. The van der Waals surface area contributed by atoms with Crippen molar-refractivity contribution in [2.24, 2.45) is 0 Å². The number of carbonyl (C=O) groups excluding carboxylic acids is 1. The Balaban J connectivity index is 1.86. The van der Waals surface area contributed by atoms with Crippen LogP contribution in [0.25, 0.3) is 11.0 Å². The van der Waals surface area contributed by atoms with E-state index in [0.717, 1.165) is 0 Å². The summed E-state index contributed by atoms with van der Waals surface area (Å²) in [5.41, 5.74) is -0.00747. The average Bonchev–Trinajstić information content (AvgIpc) is 2.48. The Morgan fingerprint density at radius 3 is 2.78 bits per heavy atom. The van der Waals surface area contributed by atoms with Crippen LogP contribution in [0.5, 0.6) is 0 Å². The van der Waals surface area contributed by atoms with E-state index in [-0.39, 0.29) is 25.3 Å². The van der Waals surface area contributed by atoms with Crippen LogP contribution in [0.15, 0.2) is 39.5 Å². The van der Waals surface area contributed by atoms with Crippen LogP contribution in [0.2, 0.25) is 0 Å². The van der Waals surface area contributed by atoms with E-state index in [1.54, 1.807) is 30.3 Å². The van der Waals surface area contributed by atoms with Gasteiger partial charge in [-0.3, -0.25) is 4.52 Å². The number of hydrogen-bond donors (Lipinski definition) is 3. The number of amides is 1. The Morgan fingerprint density at radius 1 is 1.30 bits per heavy atom. The summed E-state index contributed by atoms with van der Waals surface area (Å²) in [7, 11) is -4.56. The number of hydrogen-bond acceptors (Lipinski definition) is 6. The van der Waals surface area contributed by atoms with Crippen LogP contribution in [-0.2, 0) is 20.4 Å². The lowest BCUT2D eigenvalue weighted by molar-refractivity contribution is 0.134. The van der Waals surface area contributed by atoms with E-state index >= 15 is 0 Å². The second-order valence-electron chi connectivity index (χ2n) is 4.42. The highest BCUT2D eigenvalue weighted by Gasteiger charge is 2.13. The molecule has 0 aliphatic rings. The molecule has 23 heavy (non-hydrogen) atoms. The van der Waals surface area contributed by atoms with Gasteiger partial charge >= 0.3 is 19.5 Å². The van der Waals surface area contributed by atoms with Gasteiger partial charge < -0.3 is 24.3 Å². The van der Waals surface area contributed by atoms with Crippen molar-refractivity contribution in [2.45, 2.75) is 6.61 Å². The summed E-state index contributed by atoms with van der Waals surface area (Å²) in [6.45, 7) is -0.827. The minimum atomic E-state index is -4.56. The first kappa shape index (κ1) is 17.2. The number of ether oxygens (including phenoxy) is 1. The Morgan fingerprint density at radius 2 is 2.04 bits per heavy atom. The van der Waals surface area contributed by atoms with E-state index in [9.17, 15) is 14.2 Å². The molecular formula is C13H14NO8P. The first-order chi connectivity index (χ1) is 10.8. The quantitative estimate of drug-likeness (QED) is 0.403. The minimum absolute atomic E-state index is 0.156. The van der Waals surface area contributed by atoms with Gasteiger partial charge in [-0.05, 0) is 12.1 Å².